The second kappa shape index (κ2) is 8.91. The SMILES string of the molecule is O=c1oc2ccc(Cl)cc2cc1-c1cn(-c2ccccc2)c(S/C=C\c2ccccc2)n1. The number of nitrogens with zero attached hydrogens (tertiary/aromatic N) is 2. The van der Waals surface area contributed by atoms with Gasteiger partial charge in [-0.3, -0.25) is 4.57 Å². The minimum atomic E-state index is -0.436. The minimum absolute atomic E-state index is 0.392. The average Bonchev–Trinajstić information content (AvgIpc) is 3.24. The highest BCUT2D eigenvalue weighted by Gasteiger charge is 2.15. The molecule has 0 unspecified atom stereocenters. The van der Waals surface area contributed by atoms with Crippen molar-refractivity contribution in [2.24, 2.45) is 0 Å². The van der Waals surface area contributed by atoms with Gasteiger partial charge in [-0.2, -0.15) is 0 Å². The van der Waals surface area contributed by atoms with Crippen LogP contribution in [0.15, 0.2) is 111 Å². The Bertz CT molecular complexity index is 1470. The number of halogens is 1. The summed E-state index contributed by atoms with van der Waals surface area (Å²) in [5.74, 6) is 0. The molecule has 5 aromatic rings. The lowest BCUT2D eigenvalue weighted by Gasteiger charge is -2.05. The smallest absolute Gasteiger partial charge is 0.345 e. The van der Waals surface area contributed by atoms with Crippen molar-refractivity contribution in [1.29, 1.82) is 0 Å². The van der Waals surface area contributed by atoms with Crippen LogP contribution in [-0.2, 0) is 0 Å². The molecule has 2 aromatic heterocycles. The Morgan fingerprint density at radius 1 is 0.938 bits per heavy atom. The van der Waals surface area contributed by atoms with E-state index in [1.807, 2.05) is 82.9 Å². The summed E-state index contributed by atoms with van der Waals surface area (Å²) < 4.78 is 7.48. The number of hydrogen-bond acceptors (Lipinski definition) is 4. The summed E-state index contributed by atoms with van der Waals surface area (Å²) in [5, 5.41) is 4.06. The van der Waals surface area contributed by atoms with Gasteiger partial charge >= 0.3 is 5.63 Å². The molecule has 5 rings (SSSR count). The second-order valence-corrected chi connectivity index (χ2v) is 8.38. The summed E-state index contributed by atoms with van der Waals surface area (Å²) in [6, 6.07) is 26.9. The number of hydrogen-bond donors (Lipinski definition) is 0. The first-order valence-corrected chi connectivity index (χ1v) is 11.2. The van der Waals surface area contributed by atoms with Gasteiger partial charge in [-0.1, -0.05) is 71.9 Å². The molecule has 3 aromatic carbocycles. The number of para-hydroxylation sites is 1. The maximum Gasteiger partial charge on any atom is 0.345 e. The first-order chi connectivity index (χ1) is 15.7. The van der Waals surface area contributed by atoms with Crippen LogP contribution in [-0.4, -0.2) is 9.55 Å². The number of aromatic nitrogens is 2. The van der Waals surface area contributed by atoms with Gasteiger partial charge in [0.05, 0.1) is 11.3 Å². The Hall–Kier alpha value is -3.54. The van der Waals surface area contributed by atoms with Gasteiger partial charge in [0, 0.05) is 22.3 Å². The molecule has 4 nitrogen and oxygen atoms in total. The fraction of sp³-hybridized carbons (Fsp3) is 0. The van der Waals surface area contributed by atoms with Crippen LogP contribution in [0.1, 0.15) is 5.56 Å². The van der Waals surface area contributed by atoms with E-state index < -0.39 is 5.63 Å². The summed E-state index contributed by atoms with van der Waals surface area (Å²) in [4.78, 5) is 17.5. The zero-order chi connectivity index (χ0) is 21.9. The first kappa shape index (κ1) is 20.4. The fourth-order valence-electron chi connectivity index (χ4n) is 3.36. The Kier molecular flexibility index (Phi) is 5.67. The molecular weight excluding hydrogens is 440 g/mol. The topological polar surface area (TPSA) is 48.0 Å². The van der Waals surface area contributed by atoms with Crippen molar-refractivity contribution in [2.45, 2.75) is 5.16 Å². The molecule has 0 N–H and O–H groups in total. The van der Waals surface area contributed by atoms with Gasteiger partial charge in [-0.25, -0.2) is 9.78 Å². The monoisotopic (exact) mass is 456 g/mol. The molecule has 0 saturated heterocycles. The average molecular weight is 457 g/mol. The molecule has 0 amide bonds. The predicted octanol–water partition coefficient (Wildman–Crippen LogP) is 7.06. The molecule has 0 aliphatic heterocycles. The van der Waals surface area contributed by atoms with E-state index in [0.717, 1.165) is 21.8 Å². The molecule has 0 aliphatic rings. The number of benzene rings is 3. The molecule has 156 valence electrons. The van der Waals surface area contributed by atoms with Crippen LogP contribution in [0, 0.1) is 0 Å². The molecule has 0 radical (unpaired) electrons. The maximum atomic E-state index is 12.7. The summed E-state index contributed by atoms with van der Waals surface area (Å²) in [7, 11) is 0. The van der Waals surface area contributed by atoms with Crippen molar-refractivity contribution in [2.75, 3.05) is 0 Å². The zero-order valence-electron chi connectivity index (χ0n) is 16.8. The number of imidazole rings is 1. The number of rotatable bonds is 5. The summed E-state index contributed by atoms with van der Waals surface area (Å²) in [6.07, 6.45) is 3.89. The molecule has 0 fully saturated rings. The van der Waals surface area contributed by atoms with Gasteiger partial charge in [0.2, 0.25) is 0 Å². The van der Waals surface area contributed by atoms with Gasteiger partial charge in [0.15, 0.2) is 5.16 Å². The van der Waals surface area contributed by atoms with Crippen molar-refractivity contribution < 1.29 is 4.42 Å². The van der Waals surface area contributed by atoms with E-state index in [4.69, 9.17) is 21.0 Å². The van der Waals surface area contributed by atoms with E-state index in [1.54, 1.807) is 24.3 Å². The van der Waals surface area contributed by atoms with Crippen molar-refractivity contribution in [3.05, 3.63) is 118 Å². The Morgan fingerprint density at radius 2 is 1.69 bits per heavy atom. The summed E-state index contributed by atoms with van der Waals surface area (Å²) >= 11 is 7.61. The number of thioether (sulfide) groups is 1. The van der Waals surface area contributed by atoms with E-state index in [-0.39, 0.29) is 0 Å². The van der Waals surface area contributed by atoms with Crippen LogP contribution >= 0.6 is 23.4 Å². The lowest BCUT2D eigenvalue weighted by atomic mass is 10.1. The number of fused-ring (bicyclic) bond motifs is 1. The molecule has 2 heterocycles. The molecule has 6 heteroatoms. The Labute approximate surface area is 193 Å². The molecule has 32 heavy (non-hydrogen) atoms. The summed E-state index contributed by atoms with van der Waals surface area (Å²) in [5.41, 5.74) is 3.04. The third kappa shape index (κ3) is 4.26. The quantitative estimate of drug-likeness (QED) is 0.210. The highest BCUT2D eigenvalue weighted by Crippen LogP contribution is 2.29. The predicted molar refractivity (Wildman–Crippen MR) is 131 cm³/mol. The zero-order valence-corrected chi connectivity index (χ0v) is 18.4. The summed E-state index contributed by atoms with van der Waals surface area (Å²) in [6.45, 7) is 0. The Morgan fingerprint density at radius 3 is 2.47 bits per heavy atom. The maximum absolute atomic E-state index is 12.7. The van der Waals surface area contributed by atoms with E-state index >= 15 is 0 Å². The van der Waals surface area contributed by atoms with Crippen LogP contribution in [0.25, 0.3) is 34.0 Å². The van der Waals surface area contributed by atoms with Crippen LogP contribution in [0.5, 0.6) is 0 Å². The Balaban J connectivity index is 1.58. The standard InChI is InChI=1S/C26H17ClN2O2S/c27-20-11-12-24-19(15-20)16-22(25(30)31-24)23-17-29(21-9-5-2-6-10-21)26(28-23)32-14-13-18-7-3-1-4-8-18/h1-17H/b14-13-. The van der Waals surface area contributed by atoms with Crippen molar-refractivity contribution in [3.8, 4) is 16.9 Å². The van der Waals surface area contributed by atoms with Crippen molar-refractivity contribution in [3.63, 3.8) is 0 Å². The highest BCUT2D eigenvalue weighted by molar-refractivity contribution is 8.02. The largest absolute Gasteiger partial charge is 0.422 e. The second-order valence-electron chi connectivity index (χ2n) is 7.08. The van der Waals surface area contributed by atoms with Gasteiger partial charge < -0.3 is 4.42 Å². The van der Waals surface area contributed by atoms with Crippen molar-refractivity contribution in [1.82, 2.24) is 9.55 Å². The minimum Gasteiger partial charge on any atom is -0.422 e. The van der Waals surface area contributed by atoms with Gasteiger partial charge in [0.1, 0.15) is 5.58 Å². The third-order valence-corrected chi connectivity index (χ3v) is 5.92. The molecular formula is C26H17ClN2O2S. The van der Waals surface area contributed by atoms with Gasteiger partial charge in [0.25, 0.3) is 0 Å². The lowest BCUT2D eigenvalue weighted by molar-refractivity contribution is 0.563. The lowest BCUT2D eigenvalue weighted by Crippen LogP contribution is -2.02. The van der Waals surface area contributed by atoms with Crippen molar-refractivity contribution >= 4 is 40.4 Å². The van der Waals surface area contributed by atoms with E-state index in [1.165, 1.54) is 11.8 Å². The normalized spacial score (nSPS) is 11.4. The highest BCUT2D eigenvalue weighted by atomic mass is 35.5. The third-order valence-electron chi connectivity index (χ3n) is 4.91. The van der Waals surface area contributed by atoms with E-state index in [0.29, 0.717) is 21.9 Å². The molecule has 0 saturated carbocycles. The first-order valence-electron chi connectivity index (χ1n) is 9.94. The van der Waals surface area contributed by atoms with Crippen LogP contribution in [0.2, 0.25) is 5.02 Å². The van der Waals surface area contributed by atoms with Crippen LogP contribution < -0.4 is 5.63 Å². The molecule has 0 aliphatic carbocycles. The van der Waals surface area contributed by atoms with Gasteiger partial charge in [-0.15, -0.1) is 0 Å². The van der Waals surface area contributed by atoms with E-state index in [2.05, 4.69) is 0 Å². The fourth-order valence-corrected chi connectivity index (χ4v) is 4.31. The van der Waals surface area contributed by atoms with Gasteiger partial charge in [-0.05, 0) is 53.4 Å². The molecule has 0 atom stereocenters. The molecule has 0 bridgehead atoms. The molecule has 0 spiro atoms. The van der Waals surface area contributed by atoms with Crippen LogP contribution in [0.3, 0.4) is 0 Å². The van der Waals surface area contributed by atoms with Crippen LogP contribution in [0.4, 0.5) is 0 Å². The van der Waals surface area contributed by atoms with E-state index in [9.17, 15) is 4.79 Å².